The summed E-state index contributed by atoms with van der Waals surface area (Å²) in [5.74, 6) is -0.386. The lowest BCUT2D eigenvalue weighted by atomic mass is 10.2. The predicted molar refractivity (Wildman–Crippen MR) is 68.7 cm³/mol. The van der Waals surface area contributed by atoms with Gasteiger partial charge in [-0.15, -0.1) is 0 Å². The molecule has 2 rings (SSSR count). The average Bonchev–Trinajstić information content (AvgIpc) is 2.85. The van der Waals surface area contributed by atoms with Gasteiger partial charge in [0, 0.05) is 6.54 Å². The van der Waals surface area contributed by atoms with Crippen LogP contribution in [-0.4, -0.2) is 41.7 Å². The Morgan fingerprint density at radius 1 is 1.42 bits per heavy atom. The van der Waals surface area contributed by atoms with Crippen LogP contribution < -0.4 is 4.74 Å². The van der Waals surface area contributed by atoms with Gasteiger partial charge >= 0.3 is 5.97 Å². The number of benzene rings is 1. The Morgan fingerprint density at radius 3 is 2.84 bits per heavy atom. The fourth-order valence-corrected chi connectivity index (χ4v) is 2.36. The van der Waals surface area contributed by atoms with Crippen LogP contribution in [0.4, 0.5) is 4.39 Å². The second kappa shape index (κ2) is 6.52. The standard InChI is InChI=1S/C14H18FNO3/c15-11-4-6-12(7-5-11)19-10-2-9-16-8-1-3-13(16)14(17)18/h4-7,13H,1-3,8-10H2,(H,17,18)/t13-/m0/s1. The number of carboxylic acids is 1. The monoisotopic (exact) mass is 267 g/mol. The molecule has 1 aliphatic rings. The molecule has 0 aliphatic carbocycles. The first-order valence-corrected chi connectivity index (χ1v) is 6.52. The van der Waals surface area contributed by atoms with Crippen molar-refractivity contribution < 1.29 is 19.0 Å². The third-order valence-electron chi connectivity index (χ3n) is 3.32. The van der Waals surface area contributed by atoms with E-state index in [-0.39, 0.29) is 11.9 Å². The van der Waals surface area contributed by atoms with E-state index in [1.807, 2.05) is 4.90 Å². The minimum Gasteiger partial charge on any atom is -0.494 e. The van der Waals surface area contributed by atoms with Crippen LogP contribution in [0.2, 0.25) is 0 Å². The molecule has 1 aliphatic heterocycles. The Hall–Kier alpha value is -1.62. The molecule has 5 heteroatoms. The molecule has 0 saturated carbocycles. The van der Waals surface area contributed by atoms with Crippen molar-refractivity contribution in [3.63, 3.8) is 0 Å². The van der Waals surface area contributed by atoms with E-state index in [1.165, 1.54) is 12.1 Å². The Kier molecular flexibility index (Phi) is 4.74. The van der Waals surface area contributed by atoms with Crippen molar-refractivity contribution in [2.45, 2.75) is 25.3 Å². The lowest BCUT2D eigenvalue weighted by Crippen LogP contribution is -2.36. The van der Waals surface area contributed by atoms with Crippen molar-refractivity contribution in [2.24, 2.45) is 0 Å². The highest BCUT2D eigenvalue weighted by Gasteiger charge is 2.29. The van der Waals surface area contributed by atoms with E-state index in [1.54, 1.807) is 12.1 Å². The summed E-state index contributed by atoms with van der Waals surface area (Å²) in [5, 5.41) is 9.04. The van der Waals surface area contributed by atoms with Crippen LogP contribution in [-0.2, 0) is 4.79 Å². The van der Waals surface area contributed by atoms with Crippen LogP contribution in [0.3, 0.4) is 0 Å². The van der Waals surface area contributed by atoms with E-state index in [0.29, 0.717) is 12.4 Å². The van der Waals surface area contributed by atoms with Gasteiger partial charge in [0.25, 0.3) is 0 Å². The zero-order valence-electron chi connectivity index (χ0n) is 10.7. The van der Waals surface area contributed by atoms with Crippen molar-refractivity contribution in [3.05, 3.63) is 30.1 Å². The second-order valence-electron chi connectivity index (χ2n) is 4.69. The Labute approximate surface area is 111 Å². The zero-order chi connectivity index (χ0) is 13.7. The summed E-state index contributed by atoms with van der Waals surface area (Å²) in [7, 11) is 0. The summed E-state index contributed by atoms with van der Waals surface area (Å²) in [6, 6.07) is 5.55. The number of hydrogen-bond donors (Lipinski definition) is 1. The highest BCUT2D eigenvalue weighted by Crippen LogP contribution is 2.17. The third-order valence-corrected chi connectivity index (χ3v) is 3.32. The number of ether oxygens (including phenoxy) is 1. The summed E-state index contributed by atoms with van der Waals surface area (Å²) in [6.45, 7) is 2.07. The second-order valence-corrected chi connectivity index (χ2v) is 4.69. The molecule has 104 valence electrons. The number of nitrogens with zero attached hydrogens (tertiary/aromatic N) is 1. The molecular weight excluding hydrogens is 249 g/mol. The molecule has 4 nitrogen and oxygen atoms in total. The van der Waals surface area contributed by atoms with Crippen molar-refractivity contribution in [1.29, 1.82) is 0 Å². The molecule has 1 aromatic rings. The minimum atomic E-state index is -0.739. The number of carboxylic acid groups (broad SMARTS) is 1. The van der Waals surface area contributed by atoms with Crippen LogP contribution in [0.25, 0.3) is 0 Å². The number of hydrogen-bond acceptors (Lipinski definition) is 3. The Balaban J connectivity index is 1.69. The maximum atomic E-state index is 12.7. The fraction of sp³-hybridized carbons (Fsp3) is 0.500. The van der Waals surface area contributed by atoms with E-state index in [0.717, 1.165) is 32.4 Å². The average molecular weight is 267 g/mol. The number of likely N-dealkylation sites (tertiary alicyclic amines) is 1. The van der Waals surface area contributed by atoms with Crippen LogP contribution in [0, 0.1) is 5.82 Å². The lowest BCUT2D eigenvalue weighted by Gasteiger charge is -2.20. The largest absolute Gasteiger partial charge is 0.494 e. The van der Waals surface area contributed by atoms with Gasteiger partial charge in [0.2, 0.25) is 0 Å². The van der Waals surface area contributed by atoms with Crippen LogP contribution in [0.5, 0.6) is 5.75 Å². The molecule has 0 unspecified atom stereocenters. The highest BCUT2D eigenvalue weighted by molar-refractivity contribution is 5.73. The van der Waals surface area contributed by atoms with Crippen LogP contribution in [0.15, 0.2) is 24.3 Å². The molecule has 1 saturated heterocycles. The Bertz CT molecular complexity index is 421. The first kappa shape index (κ1) is 13.8. The van der Waals surface area contributed by atoms with Gasteiger partial charge in [-0.1, -0.05) is 0 Å². The van der Waals surface area contributed by atoms with E-state index in [4.69, 9.17) is 9.84 Å². The fourth-order valence-electron chi connectivity index (χ4n) is 2.36. The minimum absolute atomic E-state index is 0.284. The zero-order valence-corrected chi connectivity index (χ0v) is 10.7. The van der Waals surface area contributed by atoms with Gasteiger partial charge in [0.15, 0.2) is 0 Å². The van der Waals surface area contributed by atoms with Gasteiger partial charge in [-0.3, -0.25) is 9.69 Å². The molecule has 0 aromatic heterocycles. The molecule has 19 heavy (non-hydrogen) atoms. The van der Waals surface area contributed by atoms with Gasteiger partial charge in [-0.2, -0.15) is 0 Å². The summed E-state index contributed by atoms with van der Waals surface area (Å²) in [6.07, 6.45) is 2.44. The molecule has 1 aromatic carbocycles. The van der Waals surface area contributed by atoms with Crippen molar-refractivity contribution >= 4 is 5.97 Å². The first-order chi connectivity index (χ1) is 9.16. The smallest absolute Gasteiger partial charge is 0.320 e. The third kappa shape index (κ3) is 3.92. The van der Waals surface area contributed by atoms with E-state index >= 15 is 0 Å². The normalized spacial score (nSPS) is 19.5. The first-order valence-electron chi connectivity index (χ1n) is 6.52. The van der Waals surface area contributed by atoms with Gasteiger partial charge in [-0.25, -0.2) is 4.39 Å². The molecule has 1 N–H and O–H groups in total. The molecule has 1 atom stereocenters. The van der Waals surface area contributed by atoms with E-state index in [9.17, 15) is 9.18 Å². The number of halogens is 1. The molecular formula is C14H18FNO3. The highest BCUT2D eigenvalue weighted by atomic mass is 19.1. The van der Waals surface area contributed by atoms with Gasteiger partial charge < -0.3 is 9.84 Å². The number of carbonyl (C=O) groups is 1. The Morgan fingerprint density at radius 2 is 2.16 bits per heavy atom. The topological polar surface area (TPSA) is 49.8 Å². The summed E-state index contributed by atoms with van der Waals surface area (Å²) in [4.78, 5) is 13.0. The maximum Gasteiger partial charge on any atom is 0.320 e. The van der Waals surface area contributed by atoms with Crippen LogP contribution in [0.1, 0.15) is 19.3 Å². The van der Waals surface area contributed by atoms with E-state index < -0.39 is 5.97 Å². The maximum absolute atomic E-state index is 12.7. The molecule has 0 amide bonds. The molecule has 0 spiro atoms. The van der Waals surface area contributed by atoms with Crippen LogP contribution >= 0.6 is 0 Å². The van der Waals surface area contributed by atoms with E-state index in [2.05, 4.69) is 0 Å². The van der Waals surface area contributed by atoms with Crippen molar-refractivity contribution in [3.8, 4) is 5.75 Å². The van der Waals surface area contributed by atoms with Gasteiger partial charge in [-0.05, 0) is 50.1 Å². The predicted octanol–water partition coefficient (Wildman–Crippen LogP) is 2.14. The number of aliphatic carboxylic acids is 1. The molecule has 1 heterocycles. The summed E-state index contributed by atoms with van der Waals surface area (Å²) >= 11 is 0. The molecule has 0 bridgehead atoms. The lowest BCUT2D eigenvalue weighted by molar-refractivity contribution is -0.142. The van der Waals surface area contributed by atoms with Gasteiger partial charge in [0.1, 0.15) is 17.6 Å². The molecule has 1 fully saturated rings. The summed E-state index contributed by atoms with van der Waals surface area (Å²) in [5.41, 5.74) is 0. The van der Waals surface area contributed by atoms with Crippen molar-refractivity contribution in [1.82, 2.24) is 4.90 Å². The van der Waals surface area contributed by atoms with Crippen molar-refractivity contribution in [2.75, 3.05) is 19.7 Å². The summed E-state index contributed by atoms with van der Waals surface area (Å²) < 4.78 is 18.2. The number of rotatable bonds is 6. The van der Waals surface area contributed by atoms with Gasteiger partial charge in [0.05, 0.1) is 6.61 Å². The SMILES string of the molecule is O=C(O)[C@@H]1CCCN1CCCOc1ccc(F)cc1. The quantitative estimate of drug-likeness (QED) is 0.802. The molecule has 0 radical (unpaired) electrons.